The Morgan fingerprint density at radius 2 is 2.26 bits per heavy atom. The van der Waals surface area contributed by atoms with Gasteiger partial charge in [0.25, 0.3) is 5.91 Å². The third-order valence-corrected chi connectivity index (χ3v) is 2.62. The van der Waals surface area contributed by atoms with Gasteiger partial charge in [-0.1, -0.05) is 0 Å². The number of hydrogen-bond donors (Lipinski definition) is 3. The summed E-state index contributed by atoms with van der Waals surface area (Å²) in [6.07, 6.45) is 1.51. The van der Waals surface area contributed by atoms with E-state index in [0.717, 1.165) is 13.1 Å². The Hall–Kier alpha value is -1.70. The molecule has 1 amide bonds. The molecule has 0 radical (unpaired) electrons. The molecule has 1 aromatic heterocycles. The topological polar surface area (TPSA) is 92.5 Å². The van der Waals surface area contributed by atoms with Crippen molar-refractivity contribution in [1.29, 1.82) is 0 Å². The molecule has 1 aromatic rings. The summed E-state index contributed by atoms with van der Waals surface area (Å²) in [6.45, 7) is 2.84. The molecule has 0 aliphatic carbocycles. The second kappa shape index (κ2) is 8.41. The number of ether oxygens (including phenoxy) is 1. The molecule has 1 rings (SSSR count). The predicted octanol–water partition coefficient (Wildman–Crippen LogP) is -0.325. The average Bonchev–Trinajstić information content (AvgIpc) is 2.45. The van der Waals surface area contributed by atoms with Gasteiger partial charge in [-0.15, -0.1) is 0 Å². The van der Waals surface area contributed by atoms with Crippen molar-refractivity contribution in [3.05, 3.63) is 24.0 Å². The molecule has 0 aromatic carbocycles. The van der Waals surface area contributed by atoms with E-state index < -0.39 is 0 Å². The van der Waals surface area contributed by atoms with Crippen LogP contribution in [0.25, 0.3) is 0 Å². The number of hydrogen-bond acceptors (Lipinski definition) is 6. The minimum Gasteiger partial charge on any atom is -0.383 e. The molecule has 0 bridgehead atoms. The van der Waals surface area contributed by atoms with Crippen LogP contribution in [0, 0.1) is 0 Å². The van der Waals surface area contributed by atoms with Crippen LogP contribution in [-0.2, 0) is 4.74 Å². The van der Waals surface area contributed by atoms with E-state index in [-0.39, 0.29) is 5.91 Å². The number of nitrogens with one attached hydrogen (secondary N) is 2. The zero-order chi connectivity index (χ0) is 14.1. The normalized spacial score (nSPS) is 10.5. The van der Waals surface area contributed by atoms with Crippen molar-refractivity contribution in [1.82, 2.24) is 15.2 Å². The Morgan fingerprint density at radius 1 is 1.47 bits per heavy atom. The van der Waals surface area contributed by atoms with Gasteiger partial charge in [-0.3, -0.25) is 10.6 Å². The molecule has 0 unspecified atom stereocenters. The van der Waals surface area contributed by atoms with Gasteiger partial charge in [-0.05, 0) is 19.2 Å². The van der Waals surface area contributed by atoms with E-state index in [0.29, 0.717) is 24.5 Å². The highest BCUT2D eigenvalue weighted by atomic mass is 16.5. The molecule has 0 fully saturated rings. The van der Waals surface area contributed by atoms with Crippen LogP contribution in [0.1, 0.15) is 10.5 Å². The van der Waals surface area contributed by atoms with Gasteiger partial charge in [-0.2, -0.15) is 0 Å². The highest BCUT2D eigenvalue weighted by Crippen LogP contribution is 2.03. The van der Waals surface area contributed by atoms with Crippen molar-refractivity contribution in [3.63, 3.8) is 0 Å². The fraction of sp³-hybridized carbons (Fsp3) is 0.500. The number of carbonyl (C=O) groups excluding carboxylic acids is 1. The number of hydrazine groups is 1. The van der Waals surface area contributed by atoms with Gasteiger partial charge in [0.15, 0.2) is 0 Å². The van der Waals surface area contributed by atoms with E-state index in [4.69, 9.17) is 10.6 Å². The molecule has 19 heavy (non-hydrogen) atoms. The molecule has 4 N–H and O–H groups in total. The Bertz CT molecular complexity index is 382. The average molecular weight is 267 g/mol. The predicted molar refractivity (Wildman–Crippen MR) is 73.8 cm³/mol. The number of amides is 1. The van der Waals surface area contributed by atoms with Gasteiger partial charge >= 0.3 is 0 Å². The van der Waals surface area contributed by atoms with E-state index >= 15 is 0 Å². The Kier molecular flexibility index (Phi) is 6.80. The smallest absolute Gasteiger partial charge is 0.269 e. The number of carbonyl (C=O) groups is 1. The molecule has 0 aliphatic heterocycles. The highest BCUT2D eigenvalue weighted by molar-refractivity contribution is 5.92. The first-order valence-corrected chi connectivity index (χ1v) is 6.05. The van der Waals surface area contributed by atoms with Gasteiger partial charge in [0.2, 0.25) is 0 Å². The summed E-state index contributed by atoms with van der Waals surface area (Å²) in [5.74, 6) is 5.03. The maximum absolute atomic E-state index is 11.8. The van der Waals surface area contributed by atoms with Crippen molar-refractivity contribution < 1.29 is 9.53 Å². The van der Waals surface area contributed by atoms with Gasteiger partial charge < -0.3 is 20.4 Å². The molecule has 106 valence electrons. The summed E-state index contributed by atoms with van der Waals surface area (Å²) >= 11 is 0. The highest BCUT2D eigenvalue weighted by Gasteiger charge is 2.06. The van der Waals surface area contributed by atoms with Crippen molar-refractivity contribution in [3.8, 4) is 0 Å². The van der Waals surface area contributed by atoms with Crippen molar-refractivity contribution >= 4 is 11.6 Å². The fourth-order valence-electron chi connectivity index (χ4n) is 1.42. The maximum Gasteiger partial charge on any atom is 0.269 e. The summed E-state index contributed by atoms with van der Waals surface area (Å²) in [5, 5.41) is 2.81. The Morgan fingerprint density at radius 3 is 2.84 bits per heavy atom. The Labute approximate surface area is 113 Å². The number of rotatable bonds is 8. The zero-order valence-corrected chi connectivity index (χ0v) is 11.3. The van der Waals surface area contributed by atoms with Crippen molar-refractivity contribution in [2.75, 3.05) is 45.8 Å². The summed E-state index contributed by atoms with van der Waals surface area (Å²) in [7, 11) is 3.65. The van der Waals surface area contributed by atoms with Crippen molar-refractivity contribution in [2.45, 2.75) is 0 Å². The molecular formula is C12H21N5O2. The number of pyridine rings is 1. The minimum atomic E-state index is -0.191. The maximum atomic E-state index is 11.8. The lowest BCUT2D eigenvalue weighted by molar-refractivity contribution is 0.0942. The molecule has 1 heterocycles. The standard InChI is InChI=1S/C12H21N5O2/c1-17(7-8-19-2)6-5-14-12(18)11-4-3-10(16-13)9-15-11/h3-4,9,16H,5-8,13H2,1-2H3,(H,14,18). The van der Waals surface area contributed by atoms with Crippen LogP contribution >= 0.6 is 0 Å². The number of nitrogens with two attached hydrogens (primary N) is 1. The number of aromatic nitrogens is 1. The third kappa shape index (κ3) is 5.64. The number of nitrogens with zero attached hydrogens (tertiary/aromatic N) is 2. The van der Waals surface area contributed by atoms with Crippen molar-refractivity contribution in [2.24, 2.45) is 5.84 Å². The second-order valence-electron chi connectivity index (χ2n) is 4.13. The van der Waals surface area contributed by atoms with Crippen LogP contribution < -0.4 is 16.6 Å². The molecule has 0 saturated heterocycles. The molecule has 0 spiro atoms. The van der Waals surface area contributed by atoms with Gasteiger partial charge in [-0.25, -0.2) is 4.98 Å². The quantitative estimate of drug-likeness (QED) is 0.441. The van der Waals surface area contributed by atoms with E-state index in [1.54, 1.807) is 19.2 Å². The SMILES string of the molecule is COCCN(C)CCNC(=O)c1ccc(NN)cn1. The lowest BCUT2D eigenvalue weighted by atomic mass is 10.3. The monoisotopic (exact) mass is 267 g/mol. The van der Waals surface area contributed by atoms with Crippen LogP contribution in [0.3, 0.4) is 0 Å². The first-order chi connectivity index (χ1) is 9.17. The summed E-state index contributed by atoms with van der Waals surface area (Å²) in [4.78, 5) is 17.9. The lowest BCUT2D eigenvalue weighted by Crippen LogP contribution is -2.34. The number of nitrogen functional groups attached to an aromatic ring is 1. The minimum absolute atomic E-state index is 0.191. The number of methoxy groups -OCH3 is 1. The molecular weight excluding hydrogens is 246 g/mol. The number of likely N-dealkylation sites (N-methyl/N-ethyl adjacent to an activating group) is 1. The van der Waals surface area contributed by atoms with Crippen LogP contribution in [0.5, 0.6) is 0 Å². The first-order valence-electron chi connectivity index (χ1n) is 6.05. The van der Waals surface area contributed by atoms with Gasteiger partial charge in [0.05, 0.1) is 18.5 Å². The molecule has 0 atom stereocenters. The van der Waals surface area contributed by atoms with Crippen LogP contribution in [0.2, 0.25) is 0 Å². The molecule has 7 nitrogen and oxygen atoms in total. The summed E-state index contributed by atoms with van der Waals surface area (Å²) in [5.41, 5.74) is 3.49. The summed E-state index contributed by atoms with van der Waals surface area (Å²) < 4.78 is 4.98. The summed E-state index contributed by atoms with van der Waals surface area (Å²) in [6, 6.07) is 3.33. The first kappa shape index (κ1) is 15.4. The van der Waals surface area contributed by atoms with Crippen LogP contribution in [-0.4, -0.2) is 56.2 Å². The second-order valence-corrected chi connectivity index (χ2v) is 4.13. The van der Waals surface area contributed by atoms with E-state index in [9.17, 15) is 4.79 Å². The van der Waals surface area contributed by atoms with E-state index in [1.807, 2.05) is 7.05 Å². The Balaban J connectivity index is 2.30. The lowest BCUT2D eigenvalue weighted by Gasteiger charge is -2.16. The van der Waals surface area contributed by atoms with Gasteiger partial charge in [0.1, 0.15) is 5.69 Å². The fourth-order valence-corrected chi connectivity index (χ4v) is 1.42. The van der Waals surface area contributed by atoms with E-state index in [1.165, 1.54) is 6.20 Å². The third-order valence-electron chi connectivity index (χ3n) is 2.62. The van der Waals surface area contributed by atoms with Crippen LogP contribution in [0.15, 0.2) is 18.3 Å². The molecule has 0 aliphatic rings. The largest absolute Gasteiger partial charge is 0.383 e. The van der Waals surface area contributed by atoms with Crippen LogP contribution in [0.4, 0.5) is 5.69 Å². The van der Waals surface area contributed by atoms with Gasteiger partial charge in [0, 0.05) is 26.7 Å². The molecule has 0 saturated carbocycles. The van der Waals surface area contributed by atoms with E-state index in [2.05, 4.69) is 20.6 Å². The zero-order valence-electron chi connectivity index (χ0n) is 11.3. The molecule has 7 heteroatoms. The number of anilines is 1.